The Labute approximate surface area is 62.5 Å². The lowest BCUT2D eigenvalue weighted by atomic mass is 10.2. The Morgan fingerprint density at radius 2 is 1.90 bits per heavy atom. The summed E-state index contributed by atoms with van der Waals surface area (Å²) >= 11 is 0. The zero-order valence-electron chi connectivity index (χ0n) is 6.35. The lowest BCUT2D eigenvalue weighted by Gasteiger charge is -1.94. The molecule has 0 aliphatic rings. The van der Waals surface area contributed by atoms with Crippen molar-refractivity contribution >= 4 is 0 Å². The van der Waals surface area contributed by atoms with E-state index in [0.717, 1.165) is 11.3 Å². The maximum absolute atomic E-state index is 3.71. The molecule has 1 N–H and O–H groups in total. The van der Waals surface area contributed by atoms with E-state index in [1.807, 2.05) is 19.2 Å². The van der Waals surface area contributed by atoms with Crippen LogP contribution in [0.3, 0.4) is 0 Å². The van der Waals surface area contributed by atoms with Crippen molar-refractivity contribution in [2.45, 2.75) is 0 Å². The van der Waals surface area contributed by atoms with Crippen molar-refractivity contribution in [3.05, 3.63) is 49.2 Å². The molecule has 0 radical (unpaired) electrons. The first-order valence-corrected chi connectivity index (χ1v) is 3.06. The molecule has 10 heavy (non-hydrogen) atoms. The molecule has 54 valence electrons. The van der Waals surface area contributed by atoms with Gasteiger partial charge in [-0.25, -0.2) is 0 Å². The van der Waals surface area contributed by atoms with E-state index in [2.05, 4.69) is 25.1 Å². The third-order valence-electron chi connectivity index (χ3n) is 1.08. The third-order valence-corrected chi connectivity index (χ3v) is 1.08. The van der Waals surface area contributed by atoms with Gasteiger partial charge in [0.15, 0.2) is 0 Å². The van der Waals surface area contributed by atoms with Crippen LogP contribution < -0.4 is 5.32 Å². The Balaban J connectivity index is 3.87. The topological polar surface area (TPSA) is 12.0 Å². The van der Waals surface area contributed by atoms with Crippen molar-refractivity contribution in [1.29, 1.82) is 0 Å². The first-order chi connectivity index (χ1) is 4.70. The summed E-state index contributed by atoms with van der Waals surface area (Å²) in [5.41, 5.74) is 1.75. The Kier molecular flexibility index (Phi) is 4.05. The van der Waals surface area contributed by atoms with E-state index in [-0.39, 0.29) is 0 Å². The summed E-state index contributed by atoms with van der Waals surface area (Å²) in [6.07, 6.45) is 5.40. The van der Waals surface area contributed by atoms with Crippen molar-refractivity contribution in [2.75, 3.05) is 7.05 Å². The summed E-state index contributed by atoms with van der Waals surface area (Å²) in [7, 11) is 1.82. The molecule has 0 atom stereocenters. The maximum atomic E-state index is 3.71. The fourth-order valence-corrected chi connectivity index (χ4v) is 0.359. The van der Waals surface area contributed by atoms with E-state index in [1.54, 1.807) is 6.08 Å². The second-order valence-corrected chi connectivity index (χ2v) is 1.89. The summed E-state index contributed by atoms with van der Waals surface area (Å²) in [6, 6.07) is 0. The molecule has 0 saturated heterocycles. The van der Waals surface area contributed by atoms with Crippen LogP contribution in [0.4, 0.5) is 0 Å². The molecule has 0 aliphatic heterocycles. The van der Waals surface area contributed by atoms with Gasteiger partial charge in [0.05, 0.1) is 0 Å². The lowest BCUT2D eigenvalue weighted by Crippen LogP contribution is -2.00. The molecular formula is C9H13N. The van der Waals surface area contributed by atoms with E-state index in [4.69, 9.17) is 0 Å². The summed E-state index contributed by atoms with van der Waals surface area (Å²) < 4.78 is 0. The van der Waals surface area contributed by atoms with E-state index < -0.39 is 0 Å². The van der Waals surface area contributed by atoms with Gasteiger partial charge in [0, 0.05) is 12.7 Å². The number of hydrogen-bond donors (Lipinski definition) is 1. The third kappa shape index (κ3) is 3.72. The Morgan fingerprint density at radius 1 is 1.30 bits per heavy atom. The largest absolute Gasteiger partial charge is 0.389 e. The average Bonchev–Trinajstić information content (AvgIpc) is 1.99. The molecular weight excluding hydrogens is 122 g/mol. The molecule has 1 nitrogen and oxygen atoms in total. The van der Waals surface area contributed by atoms with Crippen LogP contribution in [0.5, 0.6) is 0 Å². The number of hydrogen-bond acceptors (Lipinski definition) is 1. The van der Waals surface area contributed by atoms with Gasteiger partial charge in [0.25, 0.3) is 0 Å². The number of allylic oxidation sites excluding steroid dienone is 4. The molecule has 1 heteroatoms. The summed E-state index contributed by atoms with van der Waals surface area (Å²) in [4.78, 5) is 0. The molecule has 0 heterocycles. The van der Waals surface area contributed by atoms with E-state index >= 15 is 0 Å². The van der Waals surface area contributed by atoms with Crippen molar-refractivity contribution in [3.63, 3.8) is 0 Å². The fourth-order valence-electron chi connectivity index (χ4n) is 0.359. The molecule has 0 amide bonds. The molecule has 0 saturated carbocycles. The summed E-state index contributed by atoms with van der Waals surface area (Å²) in [5, 5.41) is 2.89. The summed E-state index contributed by atoms with van der Waals surface area (Å²) in [5.74, 6) is 0. The zero-order valence-corrected chi connectivity index (χ0v) is 6.35. The molecule has 0 aliphatic carbocycles. The van der Waals surface area contributed by atoms with Gasteiger partial charge < -0.3 is 5.32 Å². The van der Waals surface area contributed by atoms with Crippen LogP contribution in [-0.4, -0.2) is 7.05 Å². The molecule has 0 fully saturated rings. The highest BCUT2D eigenvalue weighted by atomic mass is 14.8. The van der Waals surface area contributed by atoms with Gasteiger partial charge in [-0.3, -0.25) is 0 Å². The molecule has 0 rings (SSSR count). The second kappa shape index (κ2) is 4.62. The summed E-state index contributed by atoms with van der Waals surface area (Å²) in [6.45, 7) is 11.0. The standard InChI is InChI=1S/C9H13N/c1-5-8(2)6-7-9(3)10-4/h5-7,10H,1-3H2,4H3/b7-6-. The van der Waals surface area contributed by atoms with Crippen LogP contribution in [0, 0.1) is 0 Å². The van der Waals surface area contributed by atoms with E-state index in [1.165, 1.54) is 0 Å². The zero-order chi connectivity index (χ0) is 7.98. The molecule has 0 spiro atoms. The minimum Gasteiger partial charge on any atom is -0.389 e. The van der Waals surface area contributed by atoms with Crippen molar-refractivity contribution in [3.8, 4) is 0 Å². The van der Waals surface area contributed by atoms with Crippen LogP contribution in [0.15, 0.2) is 49.2 Å². The van der Waals surface area contributed by atoms with E-state index in [0.29, 0.717) is 0 Å². The second-order valence-electron chi connectivity index (χ2n) is 1.89. The van der Waals surface area contributed by atoms with Gasteiger partial charge in [0.2, 0.25) is 0 Å². The minimum atomic E-state index is 0.864. The number of likely N-dealkylation sites (N-methyl/N-ethyl adjacent to an activating group) is 1. The predicted octanol–water partition coefficient (Wildman–Crippen LogP) is 2.02. The van der Waals surface area contributed by atoms with Gasteiger partial charge in [0.1, 0.15) is 0 Å². The number of nitrogens with one attached hydrogen (secondary N) is 1. The Bertz CT molecular complexity index is 175. The molecule has 0 unspecified atom stereocenters. The average molecular weight is 135 g/mol. The first-order valence-electron chi connectivity index (χ1n) is 3.06. The normalized spacial score (nSPS) is 9.30. The molecule has 0 aromatic rings. The Morgan fingerprint density at radius 3 is 2.30 bits per heavy atom. The molecule has 0 bridgehead atoms. The van der Waals surface area contributed by atoms with Gasteiger partial charge in [-0.05, 0) is 11.6 Å². The lowest BCUT2D eigenvalue weighted by molar-refractivity contribution is 1.04. The van der Waals surface area contributed by atoms with Crippen LogP contribution >= 0.6 is 0 Å². The minimum absolute atomic E-state index is 0.864. The van der Waals surface area contributed by atoms with Crippen LogP contribution in [0.2, 0.25) is 0 Å². The van der Waals surface area contributed by atoms with Gasteiger partial charge in [-0.15, -0.1) is 0 Å². The smallest absolute Gasteiger partial charge is 0.0264 e. The number of rotatable bonds is 4. The fraction of sp³-hybridized carbons (Fsp3) is 0.111. The first kappa shape index (κ1) is 8.76. The molecule has 0 aromatic carbocycles. The predicted molar refractivity (Wildman–Crippen MR) is 46.7 cm³/mol. The molecule has 0 aromatic heterocycles. The SMILES string of the molecule is C=CC(=C)/C=C\C(=C)NC. The van der Waals surface area contributed by atoms with Gasteiger partial charge >= 0.3 is 0 Å². The van der Waals surface area contributed by atoms with Gasteiger partial charge in [-0.1, -0.05) is 31.9 Å². The highest BCUT2D eigenvalue weighted by Gasteiger charge is 1.79. The van der Waals surface area contributed by atoms with E-state index in [9.17, 15) is 0 Å². The van der Waals surface area contributed by atoms with Crippen LogP contribution in [0.25, 0.3) is 0 Å². The highest BCUT2D eigenvalue weighted by molar-refractivity contribution is 5.29. The monoisotopic (exact) mass is 135 g/mol. The quantitative estimate of drug-likeness (QED) is 0.581. The van der Waals surface area contributed by atoms with Crippen molar-refractivity contribution < 1.29 is 0 Å². The highest BCUT2D eigenvalue weighted by Crippen LogP contribution is 1.95. The van der Waals surface area contributed by atoms with Crippen LogP contribution in [-0.2, 0) is 0 Å². The maximum Gasteiger partial charge on any atom is 0.0264 e. The van der Waals surface area contributed by atoms with Gasteiger partial charge in [-0.2, -0.15) is 0 Å². The Hall–Kier alpha value is -1.24. The van der Waals surface area contributed by atoms with Crippen LogP contribution in [0.1, 0.15) is 0 Å². The van der Waals surface area contributed by atoms with Crippen molar-refractivity contribution in [2.24, 2.45) is 0 Å². The van der Waals surface area contributed by atoms with Crippen molar-refractivity contribution in [1.82, 2.24) is 5.32 Å².